The van der Waals surface area contributed by atoms with Crippen LogP contribution in [0.2, 0.25) is 0 Å². The average Bonchev–Trinajstić information content (AvgIpc) is 3.08. The van der Waals surface area contributed by atoms with Crippen LogP contribution in [-0.2, 0) is 16.0 Å². The van der Waals surface area contributed by atoms with E-state index in [0.717, 1.165) is 38.5 Å². The standard InChI is InChI=1S/C24H32O8/c1-24-9-8-14-13-5-3-12(10-11(13)2-4-15(14)16(24)6-7-17(24)25)31-23-20(28)18(26)19(27)21(32-23)22(29)30/h3,5,10,14-21,23,25-28H,2,4,6-9H2,1H3,(H,29,30)/t14-,15-,16-,17-,18+,19+,20-,21+,23-,24-/m0/s1. The fourth-order valence-corrected chi connectivity index (χ4v) is 6.89. The molecule has 0 bridgehead atoms. The highest BCUT2D eigenvalue weighted by molar-refractivity contribution is 5.73. The summed E-state index contributed by atoms with van der Waals surface area (Å²) < 4.78 is 11.0. The van der Waals surface area contributed by atoms with Crippen LogP contribution < -0.4 is 4.74 Å². The molecule has 0 aromatic heterocycles. The summed E-state index contributed by atoms with van der Waals surface area (Å²) in [4.78, 5) is 11.3. The van der Waals surface area contributed by atoms with Crippen LogP contribution in [0.1, 0.15) is 56.1 Å². The van der Waals surface area contributed by atoms with E-state index in [1.54, 1.807) is 6.07 Å². The van der Waals surface area contributed by atoms with Gasteiger partial charge in [-0.05, 0) is 85.0 Å². The first kappa shape index (κ1) is 22.1. The normalized spacial score (nSPS) is 45.5. The summed E-state index contributed by atoms with van der Waals surface area (Å²) in [5.41, 5.74) is 2.51. The van der Waals surface area contributed by atoms with Gasteiger partial charge in [-0.15, -0.1) is 0 Å². The van der Waals surface area contributed by atoms with E-state index in [-0.39, 0.29) is 11.5 Å². The Kier molecular flexibility index (Phi) is 5.49. The number of aliphatic carboxylic acids is 1. The quantitative estimate of drug-likeness (QED) is 0.465. The van der Waals surface area contributed by atoms with E-state index < -0.39 is 36.7 Å². The third-order valence-electron chi connectivity index (χ3n) is 8.71. The average molecular weight is 449 g/mol. The number of aliphatic hydroxyl groups is 4. The molecule has 32 heavy (non-hydrogen) atoms. The topological polar surface area (TPSA) is 137 Å². The molecule has 1 saturated heterocycles. The van der Waals surface area contributed by atoms with Gasteiger partial charge in [0, 0.05) is 0 Å². The molecule has 8 heteroatoms. The minimum absolute atomic E-state index is 0.0300. The number of carboxylic acid groups (broad SMARTS) is 1. The summed E-state index contributed by atoms with van der Waals surface area (Å²) in [6.45, 7) is 2.25. The highest BCUT2D eigenvalue weighted by atomic mass is 16.7. The van der Waals surface area contributed by atoms with Crippen molar-refractivity contribution in [2.24, 2.45) is 17.3 Å². The van der Waals surface area contributed by atoms with Crippen molar-refractivity contribution in [3.8, 4) is 5.75 Å². The van der Waals surface area contributed by atoms with E-state index in [1.807, 2.05) is 12.1 Å². The highest BCUT2D eigenvalue weighted by Crippen LogP contribution is 2.60. The van der Waals surface area contributed by atoms with Crippen molar-refractivity contribution in [3.05, 3.63) is 29.3 Å². The minimum Gasteiger partial charge on any atom is -0.479 e. The molecule has 3 aliphatic carbocycles. The molecule has 2 saturated carbocycles. The van der Waals surface area contributed by atoms with Gasteiger partial charge in [0.15, 0.2) is 6.10 Å². The fraction of sp³-hybridized carbons (Fsp3) is 0.708. The molecular weight excluding hydrogens is 416 g/mol. The summed E-state index contributed by atoms with van der Waals surface area (Å²) in [6, 6.07) is 5.75. The second-order valence-corrected chi connectivity index (χ2v) is 10.3. The van der Waals surface area contributed by atoms with Gasteiger partial charge in [-0.1, -0.05) is 13.0 Å². The lowest BCUT2D eigenvalue weighted by atomic mass is 9.55. The van der Waals surface area contributed by atoms with Gasteiger partial charge in [0.05, 0.1) is 6.10 Å². The molecule has 0 radical (unpaired) electrons. The molecular formula is C24H32O8. The van der Waals surface area contributed by atoms with Gasteiger partial charge in [-0.25, -0.2) is 4.79 Å². The van der Waals surface area contributed by atoms with Crippen molar-refractivity contribution in [3.63, 3.8) is 0 Å². The van der Waals surface area contributed by atoms with E-state index in [9.17, 15) is 30.3 Å². The molecule has 5 N–H and O–H groups in total. The van der Waals surface area contributed by atoms with Crippen LogP contribution in [0.4, 0.5) is 0 Å². The minimum atomic E-state index is -1.74. The van der Waals surface area contributed by atoms with Crippen molar-refractivity contribution in [2.45, 2.75) is 88.2 Å². The van der Waals surface area contributed by atoms with Gasteiger partial charge < -0.3 is 35.0 Å². The van der Waals surface area contributed by atoms with E-state index in [4.69, 9.17) is 9.47 Å². The second kappa shape index (κ2) is 7.95. The zero-order valence-electron chi connectivity index (χ0n) is 18.1. The van der Waals surface area contributed by atoms with Gasteiger partial charge in [0.1, 0.15) is 24.1 Å². The lowest BCUT2D eigenvalue weighted by Crippen LogP contribution is -2.61. The van der Waals surface area contributed by atoms with Gasteiger partial charge in [-0.2, -0.15) is 0 Å². The fourth-order valence-electron chi connectivity index (χ4n) is 6.89. The molecule has 1 aromatic carbocycles. The van der Waals surface area contributed by atoms with Crippen LogP contribution in [0.3, 0.4) is 0 Å². The summed E-state index contributed by atoms with van der Waals surface area (Å²) in [5, 5.41) is 49.8. The van der Waals surface area contributed by atoms with Gasteiger partial charge in [0.25, 0.3) is 0 Å². The van der Waals surface area contributed by atoms with Gasteiger partial charge in [-0.3, -0.25) is 0 Å². The van der Waals surface area contributed by atoms with E-state index in [2.05, 4.69) is 6.92 Å². The number of hydrogen-bond acceptors (Lipinski definition) is 7. The largest absolute Gasteiger partial charge is 0.479 e. The Balaban J connectivity index is 1.34. The van der Waals surface area contributed by atoms with Crippen molar-refractivity contribution in [2.75, 3.05) is 0 Å². The third-order valence-corrected chi connectivity index (χ3v) is 8.71. The first-order chi connectivity index (χ1) is 15.2. The van der Waals surface area contributed by atoms with E-state index in [1.165, 1.54) is 11.1 Å². The van der Waals surface area contributed by atoms with E-state index >= 15 is 0 Å². The number of carboxylic acids is 1. The Bertz CT molecular complexity index is 889. The second-order valence-electron chi connectivity index (χ2n) is 10.3. The summed E-state index contributed by atoms with van der Waals surface area (Å²) in [5.74, 6) is 0.570. The van der Waals surface area contributed by atoms with Crippen molar-refractivity contribution < 1.29 is 39.8 Å². The molecule has 0 unspecified atom stereocenters. The highest BCUT2D eigenvalue weighted by Gasteiger charge is 2.54. The number of benzene rings is 1. The Morgan fingerprint density at radius 1 is 1.06 bits per heavy atom. The Morgan fingerprint density at radius 2 is 1.84 bits per heavy atom. The van der Waals surface area contributed by atoms with Crippen molar-refractivity contribution in [1.82, 2.24) is 0 Å². The van der Waals surface area contributed by atoms with E-state index in [0.29, 0.717) is 23.5 Å². The number of aryl methyl sites for hydroxylation is 1. The summed E-state index contributed by atoms with van der Waals surface area (Å²) >= 11 is 0. The maximum Gasteiger partial charge on any atom is 0.335 e. The zero-order valence-corrected chi connectivity index (χ0v) is 18.1. The maximum atomic E-state index is 11.3. The van der Waals surface area contributed by atoms with Crippen molar-refractivity contribution >= 4 is 5.97 Å². The van der Waals surface area contributed by atoms with Crippen molar-refractivity contribution in [1.29, 1.82) is 0 Å². The van der Waals surface area contributed by atoms with Gasteiger partial charge in [0.2, 0.25) is 6.29 Å². The van der Waals surface area contributed by atoms with Crippen LogP contribution in [0.15, 0.2) is 18.2 Å². The molecule has 4 aliphatic rings. The first-order valence-electron chi connectivity index (χ1n) is 11.6. The number of aliphatic hydroxyl groups excluding tert-OH is 4. The summed E-state index contributed by atoms with van der Waals surface area (Å²) in [6.07, 6.45) is -2.28. The molecule has 0 spiro atoms. The number of hydrogen-bond donors (Lipinski definition) is 5. The van der Waals surface area contributed by atoms with Crippen LogP contribution in [-0.4, -0.2) is 68.3 Å². The predicted molar refractivity (Wildman–Crippen MR) is 112 cm³/mol. The molecule has 1 aromatic rings. The molecule has 8 nitrogen and oxygen atoms in total. The number of rotatable bonds is 3. The molecule has 0 amide bonds. The smallest absolute Gasteiger partial charge is 0.335 e. The molecule has 3 fully saturated rings. The molecule has 5 rings (SSSR count). The summed E-state index contributed by atoms with van der Waals surface area (Å²) in [7, 11) is 0. The number of ether oxygens (including phenoxy) is 2. The molecule has 10 atom stereocenters. The lowest BCUT2D eigenvalue weighted by molar-refractivity contribution is -0.271. The van der Waals surface area contributed by atoms with Crippen LogP contribution >= 0.6 is 0 Å². The molecule has 1 aliphatic heterocycles. The monoisotopic (exact) mass is 448 g/mol. The first-order valence-corrected chi connectivity index (χ1v) is 11.6. The Morgan fingerprint density at radius 3 is 2.59 bits per heavy atom. The molecule has 1 heterocycles. The Labute approximate surface area is 186 Å². The third kappa shape index (κ3) is 3.35. The van der Waals surface area contributed by atoms with Gasteiger partial charge >= 0.3 is 5.97 Å². The number of fused-ring (bicyclic) bond motifs is 5. The van der Waals surface area contributed by atoms with Crippen LogP contribution in [0.5, 0.6) is 5.75 Å². The maximum absolute atomic E-state index is 11.3. The molecule has 176 valence electrons. The van der Waals surface area contributed by atoms with Crippen LogP contribution in [0.25, 0.3) is 0 Å². The zero-order chi connectivity index (χ0) is 22.8. The van der Waals surface area contributed by atoms with Crippen LogP contribution in [0, 0.1) is 17.3 Å². The predicted octanol–water partition coefficient (Wildman–Crippen LogP) is 1.17. The Hall–Kier alpha value is -1.71. The lowest BCUT2D eigenvalue weighted by Gasteiger charge is -2.50. The SMILES string of the molecule is C[C@]12CC[C@H]3c4ccc(O[C@H]5O[C@@H](C(=O)O)[C@H](O)[C@@H](O)[C@@H]5O)cc4CC[C@@H]3[C@@H]1CC[C@@H]2O. The number of carbonyl (C=O) groups is 1.